The number of aliphatic hydroxyl groups is 8. The molecule has 2 aromatic carbocycles. The Bertz CT molecular complexity index is 1060. The fourth-order valence-electron chi connectivity index (χ4n) is 4.27. The van der Waals surface area contributed by atoms with Gasteiger partial charge in [-0.25, -0.2) is 0 Å². The minimum atomic E-state index is -1.50. The molecule has 10 atom stereocenters. The molecule has 0 bridgehead atoms. The molecule has 10 nitrogen and oxygen atoms in total. The van der Waals surface area contributed by atoms with Gasteiger partial charge in [-0.05, 0) is 34.5 Å². The SMILES string of the molecule is OCC1OC(C#Cc2ccc3cc(C4OC(CO)C(O)C(O)C4O)ccc3c2)C(O)C(O)C1O. The molecule has 2 saturated heterocycles. The van der Waals surface area contributed by atoms with Crippen molar-refractivity contribution in [1.29, 1.82) is 0 Å². The minimum Gasteiger partial charge on any atom is -0.394 e. The van der Waals surface area contributed by atoms with Gasteiger partial charge in [0.1, 0.15) is 61.0 Å². The van der Waals surface area contributed by atoms with Crippen LogP contribution < -0.4 is 0 Å². The average Bonchev–Trinajstić information content (AvgIpc) is 2.85. The van der Waals surface area contributed by atoms with E-state index in [9.17, 15) is 40.9 Å². The second-order valence-corrected chi connectivity index (χ2v) is 8.59. The Kier molecular flexibility index (Phi) is 7.51. The van der Waals surface area contributed by atoms with Crippen LogP contribution in [0, 0.1) is 11.8 Å². The van der Waals surface area contributed by atoms with E-state index in [1.807, 2.05) is 0 Å². The lowest BCUT2D eigenvalue weighted by Gasteiger charge is -2.40. The number of fused-ring (bicyclic) bond motifs is 1. The molecule has 10 unspecified atom stereocenters. The summed E-state index contributed by atoms with van der Waals surface area (Å²) in [6.45, 7) is -1.04. The maximum absolute atomic E-state index is 10.4. The number of hydrogen-bond acceptors (Lipinski definition) is 10. The van der Waals surface area contributed by atoms with Gasteiger partial charge in [-0.2, -0.15) is 0 Å². The van der Waals surface area contributed by atoms with Crippen LogP contribution >= 0.6 is 0 Å². The van der Waals surface area contributed by atoms with Crippen LogP contribution in [-0.4, -0.2) is 109 Å². The summed E-state index contributed by atoms with van der Waals surface area (Å²) in [6, 6.07) is 10.5. The summed E-state index contributed by atoms with van der Waals surface area (Å²) < 4.78 is 11.0. The Hall–Kier alpha value is -2.14. The highest BCUT2D eigenvalue weighted by Gasteiger charge is 2.44. The van der Waals surface area contributed by atoms with Crippen LogP contribution in [0.25, 0.3) is 10.8 Å². The molecular weight excluding hydrogens is 448 g/mol. The van der Waals surface area contributed by atoms with Gasteiger partial charge in [-0.1, -0.05) is 30.0 Å². The number of hydrogen-bond donors (Lipinski definition) is 8. The van der Waals surface area contributed by atoms with E-state index in [0.29, 0.717) is 11.1 Å². The maximum atomic E-state index is 10.4. The molecule has 2 fully saturated rings. The molecule has 184 valence electrons. The van der Waals surface area contributed by atoms with Gasteiger partial charge in [0.05, 0.1) is 13.2 Å². The van der Waals surface area contributed by atoms with E-state index < -0.39 is 74.3 Å². The molecule has 2 heterocycles. The third-order valence-corrected chi connectivity index (χ3v) is 6.34. The first-order valence-electron chi connectivity index (χ1n) is 10.9. The quantitative estimate of drug-likeness (QED) is 0.222. The lowest BCUT2D eigenvalue weighted by atomic mass is 9.90. The predicted molar refractivity (Wildman–Crippen MR) is 117 cm³/mol. The lowest BCUT2D eigenvalue weighted by Crippen LogP contribution is -2.58. The molecule has 8 N–H and O–H groups in total. The van der Waals surface area contributed by atoms with Gasteiger partial charge in [0.25, 0.3) is 0 Å². The third-order valence-electron chi connectivity index (χ3n) is 6.34. The smallest absolute Gasteiger partial charge is 0.147 e. The van der Waals surface area contributed by atoms with Crippen LogP contribution in [0.2, 0.25) is 0 Å². The average molecular weight is 476 g/mol. The van der Waals surface area contributed by atoms with Gasteiger partial charge in [0.2, 0.25) is 0 Å². The first kappa shape index (κ1) is 25.0. The highest BCUT2D eigenvalue weighted by atomic mass is 16.5. The van der Waals surface area contributed by atoms with E-state index in [1.54, 1.807) is 36.4 Å². The van der Waals surface area contributed by atoms with E-state index in [1.165, 1.54) is 0 Å². The Balaban J connectivity index is 1.55. The van der Waals surface area contributed by atoms with Crippen molar-refractivity contribution in [2.45, 2.75) is 61.0 Å². The fourth-order valence-corrected chi connectivity index (χ4v) is 4.27. The molecule has 0 aliphatic carbocycles. The van der Waals surface area contributed by atoms with Crippen molar-refractivity contribution >= 4 is 10.8 Å². The van der Waals surface area contributed by atoms with Gasteiger partial charge in [0.15, 0.2) is 0 Å². The summed E-state index contributed by atoms with van der Waals surface area (Å²) in [4.78, 5) is 0. The molecule has 0 spiro atoms. The Morgan fingerprint density at radius 2 is 1.24 bits per heavy atom. The Morgan fingerprint density at radius 3 is 1.91 bits per heavy atom. The zero-order valence-electron chi connectivity index (χ0n) is 18.0. The molecular formula is C24H28O10. The number of benzene rings is 2. The summed E-state index contributed by atoms with van der Waals surface area (Å²) >= 11 is 0. The van der Waals surface area contributed by atoms with Crippen molar-refractivity contribution in [3.63, 3.8) is 0 Å². The van der Waals surface area contributed by atoms with Gasteiger partial charge in [-0.15, -0.1) is 0 Å². The van der Waals surface area contributed by atoms with Crippen molar-refractivity contribution in [3.8, 4) is 11.8 Å². The summed E-state index contributed by atoms with van der Waals surface area (Å²) in [5, 5.41) is 80.5. The van der Waals surface area contributed by atoms with E-state index >= 15 is 0 Å². The van der Waals surface area contributed by atoms with E-state index in [0.717, 1.165) is 10.8 Å². The first-order valence-corrected chi connectivity index (χ1v) is 10.9. The standard InChI is InChI=1S/C24H28O10/c25-9-16-19(28)21(30)18(27)15(33-16)6-2-11-1-3-13-8-14(5-4-12(13)7-11)24-23(32)22(31)20(29)17(10-26)34-24/h1,3-5,7-8,15-32H,9-10H2. The highest BCUT2D eigenvalue weighted by Crippen LogP contribution is 2.34. The molecule has 2 aliphatic heterocycles. The molecule has 0 amide bonds. The highest BCUT2D eigenvalue weighted by molar-refractivity contribution is 5.84. The van der Waals surface area contributed by atoms with E-state index in [-0.39, 0.29) is 0 Å². The Morgan fingerprint density at radius 1 is 0.647 bits per heavy atom. The largest absolute Gasteiger partial charge is 0.394 e. The monoisotopic (exact) mass is 476 g/mol. The van der Waals surface area contributed by atoms with Crippen LogP contribution in [0.3, 0.4) is 0 Å². The van der Waals surface area contributed by atoms with Gasteiger partial charge in [-0.3, -0.25) is 0 Å². The molecule has 0 saturated carbocycles. The summed E-state index contributed by atoms with van der Waals surface area (Å²) in [6.07, 6.45) is -12.7. The van der Waals surface area contributed by atoms with Gasteiger partial charge >= 0.3 is 0 Å². The summed E-state index contributed by atoms with van der Waals surface area (Å²) in [5.74, 6) is 5.59. The minimum absolute atomic E-state index is 0.508. The van der Waals surface area contributed by atoms with E-state index in [2.05, 4.69) is 11.8 Å². The van der Waals surface area contributed by atoms with Crippen LogP contribution in [0.1, 0.15) is 17.2 Å². The van der Waals surface area contributed by atoms with Crippen LogP contribution in [-0.2, 0) is 9.47 Å². The summed E-state index contributed by atoms with van der Waals surface area (Å²) in [7, 11) is 0. The molecule has 10 heteroatoms. The number of aliphatic hydroxyl groups excluding tert-OH is 8. The second-order valence-electron chi connectivity index (χ2n) is 8.59. The second kappa shape index (κ2) is 10.2. The van der Waals surface area contributed by atoms with E-state index in [4.69, 9.17) is 9.47 Å². The third kappa shape index (κ3) is 4.68. The predicted octanol–water partition coefficient (Wildman–Crippen LogP) is -2.45. The summed E-state index contributed by atoms with van der Waals surface area (Å²) in [5.41, 5.74) is 1.15. The topological polar surface area (TPSA) is 180 Å². The number of ether oxygens (including phenoxy) is 2. The molecule has 2 aromatic rings. The normalized spacial score (nSPS) is 38.4. The zero-order valence-corrected chi connectivity index (χ0v) is 18.0. The lowest BCUT2D eigenvalue weighted by molar-refractivity contribution is -0.231. The molecule has 0 radical (unpaired) electrons. The van der Waals surface area contributed by atoms with Crippen LogP contribution in [0.15, 0.2) is 36.4 Å². The number of rotatable bonds is 3. The van der Waals surface area contributed by atoms with Crippen molar-refractivity contribution in [3.05, 3.63) is 47.5 Å². The molecule has 0 aromatic heterocycles. The fraction of sp³-hybridized carbons (Fsp3) is 0.500. The van der Waals surface area contributed by atoms with Crippen molar-refractivity contribution < 1.29 is 50.3 Å². The van der Waals surface area contributed by atoms with Crippen LogP contribution in [0.4, 0.5) is 0 Å². The molecule has 4 rings (SSSR count). The zero-order chi connectivity index (χ0) is 24.6. The maximum Gasteiger partial charge on any atom is 0.147 e. The van der Waals surface area contributed by atoms with Crippen molar-refractivity contribution in [2.75, 3.05) is 13.2 Å². The van der Waals surface area contributed by atoms with Crippen molar-refractivity contribution in [1.82, 2.24) is 0 Å². The Labute approximate surface area is 195 Å². The molecule has 2 aliphatic rings. The van der Waals surface area contributed by atoms with Crippen molar-refractivity contribution in [2.24, 2.45) is 0 Å². The first-order chi connectivity index (χ1) is 16.2. The van der Waals surface area contributed by atoms with Gasteiger partial charge < -0.3 is 50.3 Å². The van der Waals surface area contributed by atoms with Gasteiger partial charge in [0, 0.05) is 5.56 Å². The molecule has 34 heavy (non-hydrogen) atoms. The van der Waals surface area contributed by atoms with Crippen LogP contribution in [0.5, 0.6) is 0 Å².